The van der Waals surface area contributed by atoms with Gasteiger partial charge in [0.05, 0.1) is 17.7 Å². The molecule has 204 valence electrons. The topological polar surface area (TPSA) is 71.3 Å². The highest BCUT2D eigenvalue weighted by molar-refractivity contribution is 5.92. The third kappa shape index (κ3) is 6.32. The molecular weight excluding hydrogens is 521 g/mol. The Labute approximate surface area is 212 Å². The van der Waals surface area contributed by atoms with E-state index >= 15 is 0 Å². The van der Waals surface area contributed by atoms with Crippen LogP contribution >= 0.6 is 0 Å². The van der Waals surface area contributed by atoms with Crippen LogP contribution in [0.2, 0.25) is 0 Å². The molecule has 0 radical (unpaired) electrons. The van der Waals surface area contributed by atoms with Crippen LogP contribution in [0, 0.1) is 11.7 Å². The van der Waals surface area contributed by atoms with Crippen LogP contribution in [0.15, 0.2) is 47.0 Å². The van der Waals surface area contributed by atoms with E-state index in [4.69, 9.17) is 4.52 Å². The van der Waals surface area contributed by atoms with Gasteiger partial charge < -0.3 is 9.84 Å². The van der Waals surface area contributed by atoms with E-state index in [0.29, 0.717) is 37.9 Å². The summed E-state index contributed by atoms with van der Waals surface area (Å²) in [4.78, 5) is 18.9. The minimum absolute atomic E-state index is 0.0640. The van der Waals surface area contributed by atoms with Gasteiger partial charge in [-0.3, -0.25) is 9.69 Å². The van der Waals surface area contributed by atoms with Gasteiger partial charge in [-0.05, 0) is 62.2 Å². The summed E-state index contributed by atoms with van der Waals surface area (Å²) in [6.07, 6.45) is -7.87. The van der Waals surface area contributed by atoms with Crippen LogP contribution in [0.5, 0.6) is 0 Å². The number of nitrogens with one attached hydrogen (secondary N) is 1. The molecule has 1 aliphatic heterocycles. The van der Waals surface area contributed by atoms with Crippen LogP contribution in [-0.2, 0) is 23.7 Å². The van der Waals surface area contributed by atoms with Crippen molar-refractivity contribution in [3.8, 4) is 11.5 Å². The van der Waals surface area contributed by atoms with E-state index in [1.54, 1.807) is 0 Å². The molecule has 1 N–H and O–H groups in total. The van der Waals surface area contributed by atoms with Crippen LogP contribution in [0.1, 0.15) is 43.1 Å². The molecular formula is C25H23F7N4O2. The number of rotatable bonds is 6. The van der Waals surface area contributed by atoms with Crippen LogP contribution in [-0.4, -0.2) is 33.5 Å². The SMILES string of the molecule is CCC1C[C@@H](C(=O)Nc2cccc(C(F)(F)F)c2)CCN1Cc1noc(-c2ccc(F)c(C(F)(F)F)c2)n1. The molecule has 1 fully saturated rings. The second-order valence-corrected chi connectivity index (χ2v) is 9.03. The average Bonchev–Trinajstić information content (AvgIpc) is 3.32. The Morgan fingerprint density at radius 3 is 2.55 bits per heavy atom. The predicted octanol–water partition coefficient (Wildman–Crippen LogP) is 6.54. The number of alkyl halides is 6. The van der Waals surface area contributed by atoms with Gasteiger partial charge in [-0.25, -0.2) is 4.39 Å². The maximum atomic E-state index is 13.6. The van der Waals surface area contributed by atoms with Crippen molar-refractivity contribution in [3.63, 3.8) is 0 Å². The standard InChI is InChI=1S/C25H23F7N4O2/c1-2-18-10-14(22(37)33-17-5-3-4-16(12-17)24(27,28)29)8-9-36(18)13-21-34-23(38-35-21)15-6-7-20(26)19(11-15)25(30,31)32/h3-7,11-12,14,18H,2,8-10,13H2,1H3,(H,33,37)/t14-,18?/m0/s1. The fourth-order valence-corrected chi connectivity index (χ4v) is 4.48. The highest BCUT2D eigenvalue weighted by atomic mass is 19.4. The van der Waals surface area contributed by atoms with Crippen LogP contribution < -0.4 is 5.32 Å². The maximum absolute atomic E-state index is 13.6. The molecule has 13 heteroatoms. The molecule has 0 spiro atoms. The van der Waals surface area contributed by atoms with E-state index in [1.807, 2.05) is 11.8 Å². The Bertz CT molecular complexity index is 1290. The first-order valence-corrected chi connectivity index (χ1v) is 11.8. The summed E-state index contributed by atoms with van der Waals surface area (Å²) in [5, 5.41) is 6.40. The smallest absolute Gasteiger partial charge is 0.334 e. The summed E-state index contributed by atoms with van der Waals surface area (Å²) in [7, 11) is 0. The third-order valence-corrected chi connectivity index (χ3v) is 6.47. The molecule has 2 heterocycles. The predicted molar refractivity (Wildman–Crippen MR) is 122 cm³/mol. The van der Waals surface area contributed by atoms with Gasteiger partial charge in [0.1, 0.15) is 5.82 Å². The quantitative estimate of drug-likeness (QED) is 0.357. The van der Waals surface area contributed by atoms with E-state index in [1.165, 1.54) is 12.1 Å². The maximum Gasteiger partial charge on any atom is 0.419 e. The molecule has 2 atom stereocenters. The molecule has 0 saturated carbocycles. The second kappa shape index (κ2) is 10.7. The largest absolute Gasteiger partial charge is 0.419 e. The molecule has 3 aromatic rings. The number of piperidine rings is 1. The van der Waals surface area contributed by atoms with Crippen molar-refractivity contribution in [2.75, 3.05) is 11.9 Å². The van der Waals surface area contributed by atoms with Crippen molar-refractivity contribution in [3.05, 3.63) is 65.2 Å². The zero-order valence-corrected chi connectivity index (χ0v) is 20.0. The highest BCUT2D eigenvalue weighted by Crippen LogP contribution is 2.35. The number of carbonyl (C=O) groups excluding carboxylic acids is 1. The molecule has 0 bridgehead atoms. The first-order chi connectivity index (χ1) is 17.8. The number of halogens is 7. The van der Waals surface area contributed by atoms with E-state index < -0.39 is 35.2 Å². The van der Waals surface area contributed by atoms with Gasteiger partial charge in [-0.2, -0.15) is 31.3 Å². The van der Waals surface area contributed by atoms with Crippen molar-refractivity contribution in [1.29, 1.82) is 0 Å². The number of likely N-dealkylation sites (tertiary alicyclic amines) is 1. The van der Waals surface area contributed by atoms with Crippen molar-refractivity contribution in [1.82, 2.24) is 15.0 Å². The molecule has 6 nitrogen and oxygen atoms in total. The zero-order chi connectivity index (χ0) is 27.7. The van der Waals surface area contributed by atoms with Crippen LogP contribution in [0.3, 0.4) is 0 Å². The first kappa shape index (κ1) is 27.6. The van der Waals surface area contributed by atoms with E-state index in [0.717, 1.165) is 18.2 Å². The molecule has 1 amide bonds. The number of nitrogens with zero attached hydrogens (tertiary/aromatic N) is 3. The highest BCUT2D eigenvalue weighted by Gasteiger charge is 2.36. The Morgan fingerprint density at radius 1 is 1.11 bits per heavy atom. The molecule has 4 rings (SSSR count). The third-order valence-electron chi connectivity index (χ3n) is 6.47. The van der Waals surface area contributed by atoms with Crippen LogP contribution in [0.4, 0.5) is 36.4 Å². The number of benzene rings is 2. The number of carbonyl (C=O) groups is 1. The number of anilines is 1. The lowest BCUT2D eigenvalue weighted by Gasteiger charge is -2.38. The number of amides is 1. The van der Waals surface area contributed by atoms with E-state index in [9.17, 15) is 35.5 Å². The fourth-order valence-electron chi connectivity index (χ4n) is 4.48. The van der Waals surface area contributed by atoms with Gasteiger partial charge in [0.15, 0.2) is 5.82 Å². The lowest BCUT2D eigenvalue weighted by molar-refractivity contribution is -0.140. The Morgan fingerprint density at radius 2 is 1.87 bits per heavy atom. The summed E-state index contributed by atoms with van der Waals surface area (Å²) in [6, 6.07) is 6.76. The monoisotopic (exact) mass is 544 g/mol. The van der Waals surface area contributed by atoms with Gasteiger partial charge in [-0.1, -0.05) is 18.1 Å². The molecule has 1 saturated heterocycles. The molecule has 0 aliphatic carbocycles. The Hall–Kier alpha value is -3.48. The first-order valence-electron chi connectivity index (χ1n) is 11.8. The molecule has 38 heavy (non-hydrogen) atoms. The molecule has 2 aromatic carbocycles. The summed E-state index contributed by atoms with van der Waals surface area (Å²) >= 11 is 0. The molecule has 1 aromatic heterocycles. The fraction of sp³-hybridized carbons (Fsp3) is 0.400. The normalized spacial score (nSPS) is 18.9. The van der Waals surface area contributed by atoms with Gasteiger partial charge in [-0.15, -0.1) is 0 Å². The second-order valence-electron chi connectivity index (χ2n) is 9.03. The van der Waals surface area contributed by atoms with Gasteiger partial charge >= 0.3 is 12.4 Å². The minimum atomic E-state index is -4.88. The van der Waals surface area contributed by atoms with Gasteiger partial charge in [0.25, 0.3) is 5.89 Å². The average molecular weight is 544 g/mol. The Balaban J connectivity index is 1.40. The van der Waals surface area contributed by atoms with Crippen molar-refractivity contribution in [2.45, 2.75) is 51.1 Å². The summed E-state index contributed by atoms with van der Waals surface area (Å²) < 4.78 is 96.7. The van der Waals surface area contributed by atoms with Crippen molar-refractivity contribution < 1.29 is 40.1 Å². The Kier molecular flexibility index (Phi) is 7.77. The van der Waals surface area contributed by atoms with E-state index in [2.05, 4.69) is 15.5 Å². The summed E-state index contributed by atoms with van der Waals surface area (Å²) in [6.45, 7) is 2.58. The number of hydrogen-bond donors (Lipinski definition) is 1. The summed E-state index contributed by atoms with van der Waals surface area (Å²) in [5.74, 6) is -2.18. The van der Waals surface area contributed by atoms with Crippen LogP contribution in [0.25, 0.3) is 11.5 Å². The number of aromatic nitrogens is 2. The van der Waals surface area contributed by atoms with Crippen molar-refractivity contribution >= 4 is 11.6 Å². The minimum Gasteiger partial charge on any atom is -0.334 e. The summed E-state index contributed by atoms with van der Waals surface area (Å²) in [5.41, 5.74) is -2.30. The zero-order valence-electron chi connectivity index (χ0n) is 20.0. The number of hydrogen-bond acceptors (Lipinski definition) is 5. The van der Waals surface area contributed by atoms with Crippen molar-refractivity contribution in [2.24, 2.45) is 5.92 Å². The molecule has 1 aliphatic rings. The lowest BCUT2D eigenvalue weighted by atomic mass is 9.88. The van der Waals surface area contributed by atoms with E-state index in [-0.39, 0.29) is 41.5 Å². The molecule has 1 unspecified atom stereocenters. The van der Waals surface area contributed by atoms with Gasteiger partial charge in [0.2, 0.25) is 5.91 Å². The van der Waals surface area contributed by atoms with Gasteiger partial charge in [0, 0.05) is 23.2 Å². The lowest BCUT2D eigenvalue weighted by Crippen LogP contribution is -2.44.